The molecule has 1 aliphatic rings. The molecule has 5 nitrogen and oxygen atoms in total. The number of aliphatic hydroxyl groups is 1. The van der Waals surface area contributed by atoms with E-state index in [-0.39, 0.29) is 12.7 Å². The molecule has 4 rings (SSSR count). The lowest BCUT2D eigenvalue weighted by molar-refractivity contribution is -0.0330. The van der Waals surface area contributed by atoms with E-state index >= 15 is 0 Å². The van der Waals surface area contributed by atoms with Gasteiger partial charge in [0.15, 0.2) is 0 Å². The largest absolute Gasteiger partial charge is 0.497 e. The first-order chi connectivity index (χ1) is 14.3. The normalized spacial score (nSPS) is 17.4. The third-order valence-corrected chi connectivity index (χ3v) is 5.31. The number of hydrogen-bond donors (Lipinski definition) is 1. The van der Waals surface area contributed by atoms with Crippen LogP contribution in [-0.4, -0.2) is 50.0 Å². The van der Waals surface area contributed by atoms with Gasteiger partial charge in [-0.15, -0.1) is 0 Å². The van der Waals surface area contributed by atoms with Crippen molar-refractivity contribution in [3.05, 3.63) is 71.8 Å². The van der Waals surface area contributed by atoms with Crippen molar-refractivity contribution in [1.29, 1.82) is 0 Å². The highest BCUT2D eigenvalue weighted by Gasteiger charge is 2.23. The molecular formula is C24H27NO4. The van der Waals surface area contributed by atoms with Gasteiger partial charge in [0.1, 0.15) is 18.1 Å². The first-order valence-corrected chi connectivity index (χ1v) is 10.00. The van der Waals surface area contributed by atoms with E-state index in [0.717, 1.165) is 42.1 Å². The van der Waals surface area contributed by atoms with Gasteiger partial charge in [-0.2, -0.15) is 0 Å². The molecule has 1 aliphatic heterocycles. The standard InChI is InChI=1S/C24H27NO4/c1-27-22-9-8-18-14-20(7-6-19(18)15-22)24-17-25(10-12-28-24)16-21-4-2-3-5-23(21)29-13-11-26/h2-9,14-15,24,26H,10-13,16-17H2,1H3/t24-/m0/s1. The molecule has 1 heterocycles. The van der Waals surface area contributed by atoms with Crippen LogP contribution in [0.4, 0.5) is 0 Å². The minimum Gasteiger partial charge on any atom is -0.497 e. The van der Waals surface area contributed by atoms with Gasteiger partial charge in [0.2, 0.25) is 0 Å². The highest BCUT2D eigenvalue weighted by Crippen LogP contribution is 2.29. The minimum absolute atomic E-state index is 0.0157. The predicted octanol–water partition coefficient (Wildman–Crippen LogP) is 3.79. The number of para-hydroxylation sites is 1. The van der Waals surface area contributed by atoms with E-state index in [1.165, 1.54) is 10.9 Å². The molecule has 0 bridgehead atoms. The molecule has 0 aliphatic carbocycles. The number of nitrogens with zero attached hydrogens (tertiary/aromatic N) is 1. The van der Waals surface area contributed by atoms with Gasteiger partial charge in [-0.05, 0) is 40.6 Å². The maximum absolute atomic E-state index is 9.05. The Hall–Kier alpha value is -2.60. The second kappa shape index (κ2) is 9.27. The van der Waals surface area contributed by atoms with E-state index in [2.05, 4.69) is 41.3 Å². The molecule has 0 amide bonds. The van der Waals surface area contributed by atoms with E-state index in [1.54, 1.807) is 7.11 Å². The lowest BCUT2D eigenvalue weighted by atomic mass is 10.0. The zero-order chi connectivity index (χ0) is 20.1. The smallest absolute Gasteiger partial charge is 0.123 e. The highest BCUT2D eigenvalue weighted by molar-refractivity contribution is 5.84. The van der Waals surface area contributed by atoms with Gasteiger partial charge >= 0.3 is 0 Å². The number of methoxy groups -OCH3 is 1. The van der Waals surface area contributed by atoms with Crippen LogP contribution in [0.1, 0.15) is 17.2 Å². The van der Waals surface area contributed by atoms with Gasteiger partial charge in [0.25, 0.3) is 0 Å². The first-order valence-electron chi connectivity index (χ1n) is 10.00. The molecule has 1 N–H and O–H groups in total. The summed E-state index contributed by atoms with van der Waals surface area (Å²) in [6.07, 6.45) is 0.0424. The van der Waals surface area contributed by atoms with Crippen LogP contribution in [0.2, 0.25) is 0 Å². The number of hydrogen-bond acceptors (Lipinski definition) is 5. The Morgan fingerprint density at radius 3 is 2.76 bits per heavy atom. The Kier molecular flexibility index (Phi) is 6.30. The molecule has 1 saturated heterocycles. The molecule has 29 heavy (non-hydrogen) atoms. The number of benzene rings is 3. The number of fused-ring (bicyclic) bond motifs is 1. The predicted molar refractivity (Wildman–Crippen MR) is 113 cm³/mol. The Morgan fingerprint density at radius 1 is 1.07 bits per heavy atom. The fraction of sp³-hybridized carbons (Fsp3) is 0.333. The summed E-state index contributed by atoms with van der Waals surface area (Å²) >= 11 is 0. The summed E-state index contributed by atoms with van der Waals surface area (Å²) in [5, 5.41) is 11.4. The molecule has 152 valence electrons. The van der Waals surface area contributed by atoms with E-state index in [0.29, 0.717) is 13.2 Å². The van der Waals surface area contributed by atoms with Crippen molar-refractivity contribution in [3.63, 3.8) is 0 Å². The van der Waals surface area contributed by atoms with Gasteiger partial charge < -0.3 is 19.3 Å². The summed E-state index contributed by atoms with van der Waals surface area (Å²) in [6, 6.07) is 20.6. The zero-order valence-corrected chi connectivity index (χ0v) is 16.7. The van der Waals surface area contributed by atoms with Gasteiger partial charge in [0.05, 0.1) is 26.4 Å². The van der Waals surface area contributed by atoms with Gasteiger partial charge in [-0.1, -0.05) is 36.4 Å². The van der Waals surface area contributed by atoms with E-state index in [4.69, 9.17) is 19.3 Å². The van der Waals surface area contributed by atoms with Crippen molar-refractivity contribution >= 4 is 10.8 Å². The molecule has 0 unspecified atom stereocenters. The van der Waals surface area contributed by atoms with Crippen LogP contribution in [0, 0.1) is 0 Å². The zero-order valence-electron chi connectivity index (χ0n) is 16.7. The molecule has 0 radical (unpaired) electrons. The average molecular weight is 393 g/mol. The van der Waals surface area contributed by atoms with Gasteiger partial charge in [-0.25, -0.2) is 0 Å². The number of morpholine rings is 1. The van der Waals surface area contributed by atoms with Crippen molar-refractivity contribution in [2.24, 2.45) is 0 Å². The summed E-state index contributed by atoms with van der Waals surface area (Å²) in [5.74, 6) is 1.71. The summed E-state index contributed by atoms with van der Waals surface area (Å²) in [7, 11) is 1.69. The quantitative estimate of drug-likeness (QED) is 0.662. The summed E-state index contributed by atoms with van der Waals surface area (Å²) in [4.78, 5) is 2.40. The summed E-state index contributed by atoms with van der Waals surface area (Å²) in [5.41, 5.74) is 2.32. The molecular weight excluding hydrogens is 366 g/mol. The fourth-order valence-corrected chi connectivity index (χ4v) is 3.79. The average Bonchev–Trinajstić information content (AvgIpc) is 2.78. The molecule has 1 fully saturated rings. The van der Waals surface area contributed by atoms with Crippen LogP contribution in [0.5, 0.6) is 11.5 Å². The summed E-state index contributed by atoms with van der Waals surface area (Å²) in [6.45, 7) is 3.54. The van der Waals surface area contributed by atoms with Crippen molar-refractivity contribution in [2.45, 2.75) is 12.6 Å². The maximum atomic E-state index is 9.05. The van der Waals surface area contributed by atoms with E-state index < -0.39 is 0 Å². The Labute approximate surface area is 171 Å². The lowest BCUT2D eigenvalue weighted by Crippen LogP contribution is -2.37. The molecule has 0 saturated carbocycles. The molecule has 0 aromatic heterocycles. The third-order valence-electron chi connectivity index (χ3n) is 5.31. The lowest BCUT2D eigenvalue weighted by Gasteiger charge is -2.33. The third kappa shape index (κ3) is 4.70. The van der Waals surface area contributed by atoms with Crippen LogP contribution in [0.15, 0.2) is 60.7 Å². The monoisotopic (exact) mass is 393 g/mol. The van der Waals surface area contributed by atoms with E-state index in [9.17, 15) is 0 Å². The van der Waals surface area contributed by atoms with Gasteiger partial charge in [0, 0.05) is 25.2 Å². The number of aliphatic hydroxyl groups excluding tert-OH is 1. The van der Waals surface area contributed by atoms with Crippen molar-refractivity contribution in [3.8, 4) is 11.5 Å². The minimum atomic E-state index is 0.0157. The second-order valence-electron chi connectivity index (χ2n) is 7.25. The van der Waals surface area contributed by atoms with Crippen LogP contribution in [-0.2, 0) is 11.3 Å². The molecule has 3 aromatic rings. The molecule has 5 heteroatoms. The molecule has 1 atom stereocenters. The van der Waals surface area contributed by atoms with Crippen LogP contribution < -0.4 is 9.47 Å². The summed E-state index contributed by atoms with van der Waals surface area (Å²) < 4.78 is 17.1. The van der Waals surface area contributed by atoms with E-state index in [1.807, 2.05) is 24.3 Å². The van der Waals surface area contributed by atoms with Crippen LogP contribution in [0.3, 0.4) is 0 Å². The SMILES string of the molecule is COc1ccc2cc([C@@H]3CN(Cc4ccccc4OCCO)CCO3)ccc2c1. The highest BCUT2D eigenvalue weighted by atomic mass is 16.5. The Balaban J connectivity index is 1.48. The molecule has 0 spiro atoms. The topological polar surface area (TPSA) is 51.2 Å². The van der Waals surface area contributed by atoms with Crippen molar-refractivity contribution in [1.82, 2.24) is 4.90 Å². The van der Waals surface area contributed by atoms with Gasteiger partial charge in [-0.3, -0.25) is 4.90 Å². The fourth-order valence-electron chi connectivity index (χ4n) is 3.79. The maximum Gasteiger partial charge on any atom is 0.123 e. The van der Waals surface area contributed by atoms with Crippen molar-refractivity contribution < 1.29 is 19.3 Å². The first kappa shape index (κ1) is 19.7. The Morgan fingerprint density at radius 2 is 1.90 bits per heavy atom. The number of ether oxygens (including phenoxy) is 3. The molecule has 3 aromatic carbocycles. The Bertz CT molecular complexity index is 959. The van der Waals surface area contributed by atoms with Crippen LogP contribution >= 0.6 is 0 Å². The number of rotatable bonds is 7. The van der Waals surface area contributed by atoms with Crippen LogP contribution in [0.25, 0.3) is 10.8 Å². The second-order valence-corrected chi connectivity index (χ2v) is 7.25. The van der Waals surface area contributed by atoms with Crippen molar-refractivity contribution in [2.75, 3.05) is 40.0 Å².